The monoisotopic (exact) mass is 410 g/mol. The number of carbonyl (C=O) groups excluding carboxylic acids is 2. The highest BCUT2D eigenvalue weighted by Gasteiger charge is 2.62. The fourth-order valence-corrected chi connectivity index (χ4v) is 4.75. The van der Waals surface area contributed by atoms with Crippen LogP contribution < -0.4 is 4.90 Å². The van der Waals surface area contributed by atoms with Gasteiger partial charge < -0.3 is 4.74 Å². The predicted molar refractivity (Wildman–Crippen MR) is 98.6 cm³/mol. The van der Waals surface area contributed by atoms with E-state index >= 15 is 0 Å². The molecule has 0 radical (unpaired) electrons. The average Bonchev–Trinajstić information content (AvgIpc) is 3.28. The SMILES string of the molecule is O=C1C2C3C=C(Br)C(O3)C2C(=O)N1c1ccc(Cc2ccncc2)cc1. The number of pyridine rings is 1. The molecule has 4 heterocycles. The van der Waals surface area contributed by atoms with Crippen molar-refractivity contribution in [3.63, 3.8) is 0 Å². The first-order chi connectivity index (χ1) is 12.6. The van der Waals surface area contributed by atoms with E-state index in [1.165, 1.54) is 10.5 Å². The molecule has 0 spiro atoms. The lowest BCUT2D eigenvalue weighted by Gasteiger charge is -2.18. The lowest BCUT2D eigenvalue weighted by molar-refractivity contribution is -0.124. The topological polar surface area (TPSA) is 59.5 Å². The second kappa shape index (κ2) is 5.86. The number of halogens is 1. The molecule has 6 heteroatoms. The van der Waals surface area contributed by atoms with Gasteiger partial charge >= 0.3 is 0 Å². The van der Waals surface area contributed by atoms with Crippen LogP contribution >= 0.6 is 15.9 Å². The van der Waals surface area contributed by atoms with Gasteiger partial charge in [0.1, 0.15) is 6.10 Å². The summed E-state index contributed by atoms with van der Waals surface area (Å²) in [5, 5.41) is 0. The minimum Gasteiger partial charge on any atom is -0.364 e. The van der Waals surface area contributed by atoms with Gasteiger partial charge in [-0.2, -0.15) is 0 Å². The van der Waals surface area contributed by atoms with Crippen LogP contribution in [0.5, 0.6) is 0 Å². The third-order valence-electron chi connectivity index (χ3n) is 5.33. The summed E-state index contributed by atoms with van der Waals surface area (Å²) in [7, 11) is 0. The minimum atomic E-state index is -0.414. The van der Waals surface area contributed by atoms with Gasteiger partial charge in [0.25, 0.3) is 0 Å². The van der Waals surface area contributed by atoms with Crippen molar-refractivity contribution in [2.75, 3.05) is 4.90 Å². The zero-order valence-electron chi connectivity index (χ0n) is 13.7. The number of nitrogens with zero attached hydrogens (tertiary/aromatic N) is 2. The molecule has 2 bridgehead atoms. The zero-order chi connectivity index (χ0) is 17.8. The molecule has 4 atom stereocenters. The van der Waals surface area contributed by atoms with Gasteiger partial charge in [-0.3, -0.25) is 14.6 Å². The maximum absolute atomic E-state index is 12.9. The molecule has 130 valence electrons. The second-order valence-corrected chi connectivity index (χ2v) is 7.75. The number of carbonyl (C=O) groups is 2. The highest BCUT2D eigenvalue weighted by molar-refractivity contribution is 9.11. The van der Waals surface area contributed by atoms with Gasteiger partial charge in [-0.1, -0.05) is 28.1 Å². The third-order valence-corrected chi connectivity index (χ3v) is 6.04. The van der Waals surface area contributed by atoms with E-state index in [4.69, 9.17) is 4.74 Å². The number of hydrogen-bond donors (Lipinski definition) is 0. The number of imide groups is 1. The highest BCUT2D eigenvalue weighted by Crippen LogP contribution is 2.50. The first kappa shape index (κ1) is 15.9. The van der Waals surface area contributed by atoms with E-state index < -0.39 is 11.8 Å². The van der Waals surface area contributed by atoms with Crippen molar-refractivity contribution in [3.05, 3.63) is 70.5 Å². The number of fused-ring (bicyclic) bond motifs is 5. The number of rotatable bonds is 3. The first-order valence-electron chi connectivity index (χ1n) is 8.52. The highest BCUT2D eigenvalue weighted by atomic mass is 79.9. The summed E-state index contributed by atoms with van der Waals surface area (Å²) in [6.45, 7) is 0. The maximum atomic E-state index is 12.9. The molecule has 0 aliphatic carbocycles. The van der Waals surface area contributed by atoms with Crippen LogP contribution in [0.2, 0.25) is 0 Å². The van der Waals surface area contributed by atoms with Crippen LogP contribution in [0.3, 0.4) is 0 Å². The van der Waals surface area contributed by atoms with Crippen LogP contribution in [0, 0.1) is 11.8 Å². The van der Waals surface area contributed by atoms with Gasteiger partial charge in [0.15, 0.2) is 0 Å². The van der Waals surface area contributed by atoms with Gasteiger partial charge in [-0.25, -0.2) is 4.90 Å². The van der Waals surface area contributed by atoms with Crippen LogP contribution in [0.1, 0.15) is 11.1 Å². The van der Waals surface area contributed by atoms with E-state index in [2.05, 4.69) is 20.9 Å². The lowest BCUT2D eigenvalue weighted by atomic mass is 9.85. The van der Waals surface area contributed by atoms with Crippen molar-refractivity contribution >= 4 is 33.4 Å². The molecule has 0 N–H and O–H groups in total. The maximum Gasteiger partial charge on any atom is 0.240 e. The van der Waals surface area contributed by atoms with Crippen LogP contribution in [0.25, 0.3) is 0 Å². The van der Waals surface area contributed by atoms with Crippen molar-refractivity contribution in [1.29, 1.82) is 0 Å². The minimum absolute atomic E-state index is 0.161. The number of anilines is 1. The Morgan fingerprint density at radius 1 is 0.962 bits per heavy atom. The Labute approximate surface area is 158 Å². The summed E-state index contributed by atoms with van der Waals surface area (Å²) in [6.07, 6.45) is 5.60. The van der Waals surface area contributed by atoms with Gasteiger partial charge in [0, 0.05) is 16.9 Å². The molecular weight excluding hydrogens is 396 g/mol. The molecule has 2 amide bonds. The number of ether oxygens (including phenoxy) is 1. The van der Waals surface area contributed by atoms with Crippen molar-refractivity contribution in [3.8, 4) is 0 Å². The van der Waals surface area contributed by atoms with Gasteiger partial charge in [0.05, 0.1) is 23.6 Å². The van der Waals surface area contributed by atoms with Crippen molar-refractivity contribution in [2.24, 2.45) is 11.8 Å². The van der Waals surface area contributed by atoms with Gasteiger partial charge in [-0.15, -0.1) is 0 Å². The molecule has 5 rings (SSSR count). The summed E-state index contributed by atoms with van der Waals surface area (Å²) >= 11 is 3.45. The molecule has 0 saturated carbocycles. The van der Waals surface area contributed by atoms with Crippen LogP contribution in [-0.2, 0) is 20.7 Å². The van der Waals surface area contributed by atoms with E-state index in [1.54, 1.807) is 12.4 Å². The fraction of sp³-hybridized carbons (Fsp3) is 0.250. The van der Waals surface area contributed by atoms with Crippen LogP contribution in [-0.4, -0.2) is 29.0 Å². The van der Waals surface area contributed by atoms with Crippen molar-refractivity contribution < 1.29 is 14.3 Å². The molecule has 2 saturated heterocycles. The standard InChI is InChI=1S/C20H15BrN2O3/c21-14-10-15-16-17(18(14)26-15)20(25)23(19(16)24)13-3-1-11(2-4-13)9-12-5-7-22-8-6-12/h1-8,10,15-18H,9H2. The van der Waals surface area contributed by atoms with E-state index in [9.17, 15) is 9.59 Å². The summed E-state index contributed by atoms with van der Waals surface area (Å²) in [5.74, 6) is -1.14. The number of aromatic nitrogens is 1. The van der Waals surface area contributed by atoms with E-state index in [-0.39, 0.29) is 24.0 Å². The molecular formula is C20H15BrN2O3. The number of benzene rings is 1. The molecule has 3 aliphatic heterocycles. The summed E-state index contributed by atoms with van der Waals surface area (Å²) < 4.78 is 6.62. The molecule has 4 unspecified atom stereocenters. The summed E-state index contributed by atoms with van der Waals surface area (Å²) in [6, 6.07) is 11.6. The average molecular weight is 411 g/mol. The van der Waals surface area contributed by atoms with Crippen molar-refractivity contribution in [2.45, 2.75) is 18.6 Å². The van der Waals surface area contributed by atoms with Gasteiger partial charge in [0.2, 0.25) is 11.8 Å². The van der Waals surface area contributed by atoms with E-state index in [0.717, 1.165) is 16.5 Å². The summed E-state index contributed by atoms with van der Waals surface area (Å²) in [5.41, 5.74) is 2.91. The number of hydrogen-bond acceptors (Lipinski definition) is 4. The first-order valence-corrected chi connectivity index (χ1v) is 9.31. The number of amides is 2. The van der Waals surface area contributed by atoms with E-state index in [1.807, 2.05) is 42.5 Å². The molecule has 3 aliphatic rings. The Hall–Kier alpha value is -2.31. The summed E-state index contributed by atoms with van der Waals surface area (Å²) in [4.78, 5) is 31.1. The van der Waals surface area contributed by atoms with E-state index in [0.29, 0.717) is 5.69 Å². The van der Waals surface area contributed by atoms with Gasteiger partial charge in [-0.05, 0) is 47.9 Å². The van der Waals surface area contributed by atoms with Crippen LogP contribution in [0.15, 0.2) is 59.4 Å². The Kier molecular flexibility index (Phi) is 3.58. The quantitative estimate of drug-likeness (QED) is 0.729. The smallest absolute Gasteiger partial charge is 0.240 e. The Morgan fingerprint density at radius 2 is 1.62 bits per heavy atom. The molecule has 5 nitrogen and oxygen atoms in total. The molecule has 2 aromatic rings. The second-order valence-electron chi connectivity index (χ2n) is 6.83. The predicted octanol–water partition coefficient (Wildman–Crippen LogP) is 2.84. The zero-order valence-corrected chi connectivity index (χ0v) is 15.3. The molecule has 1 aromatic carbocycles. The van der Waals surface area contributed by atoms with Crippen LogP contribution in [0.4, 0.5) is 5.69 Å². The Bertz CT molecular complexity index is 926. The normalized spacial score (nSPS) is 29.3. The molecule has 2 fully saturated rings. The third kappa shape index (κ3) is 2.29. The molecule has 26 heavy (non-hydrogen) atoms. The van der Waals surface area contributed by atoms with Crippen molar-refractivity contribution in [1.82, 2.24) is 4.98 Å². The lowest BCUT2D eigenvalue weighted by Crippen LogP contribution is -2.34. The Balaban J connectivity index is 1.39. The fourth-order valence-electron chi connectivity index (χ4n) is 4.10. The molecule has 1 aromatic heterocycles. The Morgan fingerprint density at radius 3 is 2.35 bits per heavy atom. The largest absolute Gasteiger partial charge is 0.364 e.